The number of likely N-dealkylation sites (N-methyl/N-ethyl adjacent to an activating group) is 1. The second-order valence-corrected chi connectivity index (χ2v) is 4.94. The van der Waals surface area contributed by atoms with Crippen LogP contribution in [0.15, 0.2) is 24.3 Å². The van der Waals surface area contributed by atoms with Crippen LogP contribution in [0.1, 0.15) is 18.9 Å². The largest absolute Gasteiger partial charge is 0.508 e. The summed E-state index contributed by atoms with van der Waals surface area (Å²) < 4.78 is 0. The number of carbonyl (C=O) groups is 1. The molecule has 0 aliphatic rings. The number of phenolic OH excluding ortho intramolecular Hbond substituents is 1. The predicted octanol–water partition coefficient (Wildman–Crippen LogP) is 2.41. The Morgan fingerprint density at radius 1 is 1.47 bits per heavy atom. The van der Waals surface area contributed by atoms with E-state index in [0.29, 0.717) is 12.1 Å². The van der Waals surface area contributed by atoms with E-state index in [4.69, 9.17) is 11.6 Å². The first-order chi connectivity index (χ1) is 8.00. The molecule has 0 fully saturated rings. The lowest BCUT2D eigenvalue weighted by molar-refractivity contribution is -0.129. The van der Waals surface area contributed by atoms with Crippen molar-refractivity contribution >= 4 is 17.5 Å². The molecule has 1 amide bonds. The molecule has 0 aliphatic heterocycles. The van der Waals surface area contributed by atoms with Crippen molar-refractivity contribution in [2.75, 3.05) is 13.6 Å². The number of amides is 1. The van der Waals surface area contributed by atoms with Gasteiger partial charge in [-0.2, -0.15) is 0 Å². The lowest BCUT2D eigenvalue weighted by Crippen LogP contribution is -2.30. The molecule has 0 saturated heterocycles. The first-order valence-corrected chi connectivity index (χ1v) is 6.09. The van der Waals surface area contributed by atoms with E-state index in [2.05, 4.69) is 0 Å². The Morgan fingerprint density at radius 2 is 2.12 bits per heavy atom. The van der Waals surface area contributed by atoms with Gasteiger partial charge in [-0.3, -0.25) is 4.79 Å². The van der Waals surface area contributed by atoms with Gasteiger partial charge in [-0.1, -0.05) is 18.2 Å². The standard InChI is InChI=1S/C13H18ClNO2/c1-10(14)7-8-15(2)13(17)9-11-5-3-4-6-12(11)16/h3-6,10,16H,7-9H2,1-2H3. The molecule has 0 bridgehead atoms. The maximum atomic E-state index is 11.8. The average Bonchev–Trinajstić information content (AvgIpc) is 2.28. The van der Waals surface area contributed by atoms with Crippen LogP contribution in [0.25, 0.3) is 0 Å². The smallest absolute Gasteiger partial charge is 0.226 e. The first-order valence-electron chi connectivity index (χ1n) is 5.65. The fourth-order valence-corrected chi connectivity index (χ4v) is 1.55. The van der Waals surface area contributed by atoms with Crippen molar-refractivity contribution in [2.24, 2.45) is 0 Å². The number of alkyl halides is 1. The minimum absolute atomic E-state index is 0.0104. The second kappa shape index (κ2) is 6.50. The molecule has 1 aromatic rings. The van der Waals surface area contributed by atoms with Crippen molar-refractivity contribution in [3.05, 3.63) is 29.8 Å². The van der Waals surface area contributed by atoms with Crippen molar-refractivity contribution in [3.8, 4) is 5.75 Å². The number of benzene rings is 1. The highest BCUT2D eigenvalue weighted by Gasteiger charge is 2.12. The Labute approximate surface area is 107 Å². The summed E-state index contributed by atoms with van der Waals surface area (Å²) >= 11 is 5.83. The molecule has 1 aromatic carbocycles. The van der Waals surface area contributed by atoms with Crippen LogP contribution < -0.4 is 0 Å². The summed E-state index contributed by atoms with van der Waals surface area (Å²) in [4.78, 5) is 13.5. The zero-order chi connectivity index (χ0) is 12.8. The van der Waals surface area contributed by atoms with Gasteiger partial charge in [0.2, 0.25) is 5.91 Å². The molecule has 0 heterocycles. The first kappa shape index (κ1) is 13.8. The number of hydrogen-bond donors (Lipinski definition) is 1. The van der Waals surface area contributed by atoms with E-state index < -0.39 is 0 Å². The zero-order valence-electron chi connectivity index (χ0n) is 10.2. The maximum Gasteiger partial charge on any atom is 0.226 e. The van der Waals surface area contributed by atoms with Crippen LogP contribution in [0.5, 0.6) is 5.75 Å². The van der Waals surface area contributed by atoms with Gasteiger partial charge in [-0.05, 0) is 19.4 Å². The van der Waals surface area contributed by atoms with Crippen LogP contribution in [-0.2, 0) is 11.2 Å². The lowest BCUT2D eigenvalue weighted by Gasteiger charge is -2.18. The summed E-state index contributed by atoms with van der Waals surface area (Å²) in [6.07, 6.45) is 0.990. The van der Waals surface area contributed by atoms with Gasteiger partial charge in [-0.25, -0.2) is 0 Å². The van der Waals surface area contributed by atoms with Gasteiger partial charge in [0.25, 0.3) is 0 Å². The monoisotopic (exact) mass is 255 g/mol. The molecule has 1 atom stereocenters. The minimum atomic E-state index is -0.0104. The van der Waals surface area contributed by atoms with E-state index in [1.165, 1.54) is 0 Å². The number of aromatic hydroxyl groups is 1. The quantitative estimate of drug-likeness (QED) is 0.821. The molecule has 1 N–H and O–H groups in total. The van der Waals surface area contributed by atoms with Gasteiger partial charge in [-0.15, -0.1) is 11.6 Å². The topological polar surface area (TPSA) is 40.5 Å². The van der Waals surface area contributed by atoms with Gasteiger partial charge in [0.1, 0.15) is 5.75 Å². The van der Waals surface area contributed by atoms with Crippen LogP contribution in [0, 0.1) is 0 Å². The normalized spacial score (nSPS) is 12.2. The van der Waals surface area contributed by atoms with Crippen LogP contribution in [0.2, 0.25) is 0 Å². The Hall–Kier alpha value is -1.22. The molecule has 1 rings (SSSR count). The SMILES string of the molecule is CC(Cl)CCN(C)C(=O)Cc1ccccc1O. The van der Waals surface area contributed by atoms with Crippen molar-refractivity contribution in [1.82, 2.24) is 4.90 Å². The summed E-state index contributed by atoms with van der Waals surface area (Å²) in [7, 11) is 1.75. The predicted molar refractivity (Wildman–Crippen MR) is 69.4 cm³/mol. The molecule has 4 heteroatoms. The number of phenols is 1. The van der Waals surface area contributed by atoms with E-state index in [0.717, 1.165) is 6.42 Å². The van der Waals surface area contributed by atoms with Gasteiger partial charge in [0.05, 0.1) is 6.42 Å². The zero-order valence-corrected chi connectivity index (χ0v) is 10.9. The highest BCUT2D eigenvalue weighted by atomic mass is 35.5. The number of halogens is 1. The van der Waals surface area contributed by atoms with E-state index in [9.17, 15) is 9.90 Å². The number of rotatable bonds is 5. The molecule has 3 nitrogen and oxygen atoms in total. The Bertz CT molecular complexity index is 379. The van der Waals surface area contributed by atoms with Crippen LogP contribution in [0.3, 0.4) is 0 Å². The molecule has 1 unspecified atom stereocenters. The third kappa shape index (κ3) is 4.65. The van der Waals surface area contributed by atoms with Gasteiger partial charge in [0, 0.05) is 24.5 Å². The van der Waals surface area contributed by atoms with Gasteiger partial charge < -0.3 is 10.0 Å². The number of carbonyl (C=O) groups excluding carboxylic acids is 1. The molecule has 0 aromatic heterocycles. The summed E-state index contributed by atoms with van der Waals surface area (Å²) in [5.41, 5.74) is 0.656. The minimum Gasteiger partial charge on any atom is -0.508 e. The molecule has 0 aliphatic carbocycles. The maximum absolute atomic E-state index is 11.8. The second-order valence-electron chi connectivity index (χ2n) is 4.19. The number of para-hydroxylation sites is 1. The third-order valence-electron chi connectivity index (χ3n) is 2.62. The van der Waals surface area contributed by atoms with E-state index >= 15 is 0 Å². The lowest BCUT2D eigenvalue weighted by atomic mass is 10.1. The fourth-order valence-electron chi connectivity index (χ4n) is 1.45. The summed E-state index contributed by atoms with van der Waals surface area (Å²) in [6, 6.07) is 6.89. The van der Waals surface area contributed by atoms with Gasteiger partial charge in [0.15, 0.2) is 0 Å². The third-order valence-corrected chi connectivity index (χ3v) is 2.84. The summed E-state index contributed by atoms with van der Waals surface area (Å²) in [5, 5.41) is 9.63. The van der Waals surface area contributed by atoms with Crippen molar-refractivity contribution in [3.63, 3.8) is 0 Å². The molecule has 17 heavy (non-hydrogen) atoms. The van der Waals surface area contributed by atoms with E-state index in [1.807, 2.05) is 13.0 Å². The van der Waals surface area contributed by atoms with Crippen molar-refractivity contribution < 1.29 is 9.90 Å². The summed E-state index contributed by atoms with van der Waals surface area (Å²) in [6.45, 7) is 2.54. The Morgan fingerprint density at radius 3 is 2.71 bits per heavy atom. The molecule has 0 radical (unpaired) electrons. The highest BCUT2D eigenvalue weighted by Crippen LogP contribution is 2.16. The summed E-state index contributed by atoms with van der Waals surface area (Å²) in [5.74, 6) is 0.156. The number of nitrogens with zero attached hydrogens (tertiary/aromatic N) is 1. The Kier molecular flexibility index (Phi) is 5.29. The van der Waals surface area contributed by atoms with E-state index in [-0.39, 0.29) is 23.5 Å². The average molecular weight is 256 g/mol. The van der Waals surface area contributed by atoms with Crippen LogP contribution >= 0.6 is 11.6 Å². The molecule has 0 spiro atoms. The Balaban J connectivity index is 2.52. The molecule has 94 valence electrons. The van der Waals surface area contributed by atoms with Crippen molar-refractivity contribution in [1.29, 1.82) is 0 Å². The molecular formula is C13H18ClNO2. The van der Waals surface area contributed by atoms with Crippen LogP contribution in [-0.4, -0.2) is 34.9 Å². The molecular weight excluding hydrogens is 238 g/mol. The number of hydrogen-bond acceptors (Lipinski definition) is 2. The fraction of sp³-hybridized carbons (Fsp3) is 0.462. The van der Waals surface area contributed by atoms with Crippen molar-refractivity contribution in [2.45, 2.75) is 25.1 Å². The van der Waals surface area contributed by atoms with E-state index in [1.54, 1.807) is 30.1 Å². The highest BCUT2D eigenvalue weighted by molar-refractivity contribution is 6.20. The van der Waals surface area contributed by atoms with Gasteiger partial charge >= 0.3 is 0 Å². The van der Waals surface area contributed by atoms with Crippen LogP contribution in [0.4, 0.5) is 0 Å². The molecule has 0 saturated carbocycles.